The van der Waals surface area contributed by atoms with E-state index in [0.29, 0.717) is 10.0 Å². The van der Waals surface area contributed by atoms with Gasteiger partial charge in [0.15, 0.2) is 0 Å². The van der Waals surface area contributed by atoms with E-state index in [-0.39, 0.29) is 18.4 Å². The second kappa shape index (κ2) is 4.57. The Balaban J connectivity index is 2.08. The van der Waals surface area contributed by atoms with Crippen LogP contribution >= 0.6 is 15.9 Å². The van der Waals surface area contributed by atoms with Crippen LogP contribution in [0.2, 0.25) is 0 Å². The first-order valence-electron chi connectivity index (χ1n) is 5.43. The van der Waals surface area contributed by atoms with Crippen molar-refractivity contribution in [2.45, 2.75) is 31.7 Å². The molecule has 1 aliphatic rings. The van der Waals surface area contributed by atoms with E-state index < -0.39 is 23.7 Å². The molecule has 98 valence electrons. The first kappa shape index (κ1) is 13.4. The van der Waals surface area contributed by atoms with Gasteiger partial charge in [0.25, 0.3) is 11.8 Å². The van der Waals surface area contributed by atoms with Crippen LogP contribution in [0.15, 0.2) is 16.6 Å². The second-order valence-corrected chi connectivity index (χ2v) is 5.37. The number of hydrogen-bond acceptors (Lipinski definition) is 1. The van der Waals surface area contributed by atoms with Gasteiger partial charge in [0.2, 0.25) is 0 Å². The standard InChI is InChI=1S/C12H11BrF3NO/c1-6-2-9(13)8(3-10(6)14)11(18)17-7-4-12(15,16)5-7/h2-3,7H,4-5H2,1H3,(H,17,18). The Hall–Kier alpha value is -1.04. The first-order valence-corrected chi connectivity index (χ1v) is 6.22. The molecule has 1 N–H and O–H groups in total. The number of aryl methyl sites for hydroxylation is 1. The third kappa shape index (κ3) is 2.68. The Morgan fingerprint density at radius 2 is 2.06 bits per heavy atom. The number of halogens is 4. The molecule has 0 aromatic heterocycles. The third-order valence-corrected chi connectivity index (χ3v) is 3.57. The maximum atomic E-state index is 13.4. The van der Waals surface area contributed by atoms with Crippen LogP contribution in [0.3, 0.4) is 0 Å². The lowest BCUT2D eigenvalue weighted by atomic mass is 9.88. The third-order valence-electron chi connectivity index (χ3n) is 2.92. The van der Waals surface area contributed by atoms with Gasteiger partial charge >= 0.3 is 0 Å². The van der Waals surface area contributed by atoms with Gasteiger partial charge in [0, 0.05) is 23.4 Å². The summed E-state index contributed by atoms with van der Waals surface area (Å²) in [4.78, 5) is 11.8. The molecule has 1 saturated carbocycles. The van der Waals surface area contributed by atoms with Crippen molar-refractivity contribution in [2.24, 2.45) is 0 Å². The smallest absolute Gasteiger partial charge is 0.252 e. The van der Waals surface area contributed by atoms with E-state index in [1.807, 2.05) is 0 Å². The van der Waals surface area contributed by atoms with E-state index in [9.17, 15) is 18.0 Å². The molecule has 6 heteroatoms. The van der Waals surface area contributed by atoms with Crippen LogP contribution in [0.5, 0.6) is 0 Å². The van der Waals surface area contributed by atoms with Gasteiger partial charge in [-0.2, -0.15) is 0 Å². The van der Waals surface area contributed by atoms with E-state index in [1.54, 1.807) is 6.92 Å². The Labute approximate surface area is 111 Å². The Morgan fingerprint density at radius 1 is 1.44 bits per heavy atom. The van der Waals surface area contributed by atoms with Crippen LogP contribution in [0.1, 0.15) is 28.8 Å². The lowest BCUT2D eigenvalue weighted by Gasteiger charge is -2.35. The molecule has 0 spiro atoms. The van der Waals surface area contributed by atoms with Crippen molar-refractivity contribution in [1.29, 1.82) is 0 Å². The Bertz CT molecular complexity index is 496. The van der Waals surface area contributed by atoms with Gasteiger partial charge in [0.1, 0.15) is 5.82 Å². The van der Waals surface area contributed by atoms with Gasteiger partial charge in [-0.05, 0) is 40.5 Å². The summed E-state index contributed by atoms with van der Waals surface area (Å²) in [5.41, 5.74) is 0.530. The van der Waals surface area contributed by atoms with Crippen LogP contribution in [0.25, 0.3) is 0 Å². The number of rotatable bonds is 2. The highest BCUT2D eigenvalue weighted by Crippen LogP contribution is 2.37. The average molecular weight is 322 g/mol. The minimum atomic E-state index is -2.69. The number of nitrogens with one attached hydrogen (secondary N) is 1. The number of alkyl halides is 2. The number of carbonyl (C=O) groups excluding carboxylic acids is 1. The van der Waals surface area contributed by atoms with E-state index >= 15 is 0 Å². The zero-order valence-electron chi connectivity index (χ0n) is 9.57. The molecule has 0 radical (unpaired) electrons. The van der Waals surface area contributed by atoms with Gasteiger partial charge in [0.05, 0.1) is 5.56 Å². The second-order valence-electron chi connectivity index (χ2n) is 4.52. The van der Waals surface area contributed by atoms with Crippen molar-refractivity contribution < 1.29 is 18.0 Å². The number of carbonyl (C=O) groups is 1. The molecular weight excluding hydrogens is 311 g/mol. The highest BCUT2D eigenvalue weighted by Gasteiger charge is 2.46. The van der Waals surface area contributed by atoms with E-state index in [4.69, 9.17) is 0 Å². The lowest BCUT2D eigenvalue weighted by Crippen LogP contribution is -2.50. The minimum Gasteiger partial charge on any atom is -0.349 e. The molecule has 1 aromatic carbocycles. The van der Waals surface area contributed by atoms with Crippen molar-refractivity contribution in [3.63, 3.8) is 0 Å². The number of benzene rings is 1. The fraction of sp³-hybridized carbons (Fsp3) is 0.417. The zero-order chi connectivity index (χ0) is 13.5. The van der Waals surface area contributed by atoms with Gasteiger partial charge < -0.3 is 5.32 Å². The zero-order valence-corrected chi connectivity index (χ0v) is 11.2. The highest BCUT2D eigenvalue weighted by molar-refractivity contribution is 9.10. The first-order chi connectivity index (χ1) is 8.28. The van der Waals surface area contributed by atoms with E-state index in [2.05, 4.69) is 21.2 Å². The quantitative estimate of drug-likeness (QED) is 0.888. The summed E-state index contributed by atoms with van der Waals surface area (Å²) in [7, 11) is 0. The predicted octanol–water partition coefficient (Wildman–Crippen LogP) is 3.42. The fourth-order valence-electron chi connectivity index (χ4n) is 1.85. The molecule has 0 heterocycles. The van der Waals surface area contributed by atoms with E-state index in [1.165, 1.54) is 6.07 Å². The molecule has 0 saturated heterocycles. The van der Waals surface area contributed by atoms with Crippen LogP contribution in [0.4, 0.5) is 13.2 Å². The van der Waals surface area contributed by atoms with Crippen molar-refractivity contribution >= 4 is 21.8 Å². The largest absolute Gasteiger partial charge is 0.349 e. The molecule has 1 amide bonds. The van der Waals surface area contributed by atoms with Crippen LogP contribution in [-0.4, -0.2) is 17.9 Å². The van der Waals surface area contributed by atoms with Gasteiger partial charge in [-0.3, -0.25) is 4.79 Å². The molecular formula is C12H11BrF3NO. The normalized spacial score (nSPS) is 18.3. The molecule has 0 bridgehead atoms. The van der Waals surface area contributed by atoms with Crippen molar-refractivity contribution in [3.05, 3.63) is 33.5 Å². The molecule has 2 rings (SSSR count). The monoisotopic (exact) mass is 321 g/mol. The van der Waals surface area contributed by atoms with E-state index in [0.717, 1.165) is 6.07 Å². The summed E-state index contributed by atoms with van der Waals surface area (Å²) < 4.78 is 39.0. The average Bonchev–Trinajstić information content (AvgIpc) is 2.20. The Kier molecular flexibility index (Phi) is 3.40. The van der Waals surface area contributed by atoms with Crippen molar-refractivity contribution in [3.8, 4) is 0 Å². The summed E-state index contributed by atoms with van der Waals surface area (Å²) in [6, 6.07) is 2.05. The lowest BCUT2D eigenvalue weighted by molar-refractivity contribution is -0.0901. The summed E-state index contributed by atoms with van der Waals surface area (Å²) >= 11 is 3.16. The molecule has 18 heavy (non-hydrogen) atoms. The Morgan fingerprint density at radius 3 is 2.61 bits per heavy atom. The molecule has 1 fully saturated rings. The summed E-state index contributed by atoms with van der Waals surface area (Å²) in [6.07, 6.45) is -0.713. The molecule has 0 atom stereocenters. The highest BCUT2D eigenvalue weighted by atomic mass is 79.9. The molecule has 0 aliphatic heterocycles. The van der Waals surface area contributed by atoms with Crippen LogP contribution < -0.4 is 5.32 Å². The topological polar surface area (TPSA) is 29.1 Å². The van der Waals surface area contributed by atoms with Gasteiger partial charge in [-0.25, -0.2) is 13.2 Å². The van der Waals surface area contributed by atoms with Gasteiger partial charge in [-0.15, -0.1) is 0 Å². The van der Waals surface area contributed by atoms with Crippen molar-refractivity contribution in [2.75, 3.05) is 0 Å². The number of hydrogen-bond donors (Lipinski definition) is 1. The molecule has 1 aliphatic carbocycles. The van der Waals surface area contributed by atoms with Crippen molar-refractivity contribution in [1.82, 2.24) is 5.32 Å². The molecule has 2 nitrogen and oxygen atoms in total. The minimum absolute atomic E-state index is 0.119. The molecule has 1 aromatic rings. The van der Waals surface area contributed by atoms with Crippen LogP contribution in [-0.2, 0) is 0 Å². The maximum Gasteiger partial charge on any atom is 0.252 e. The van der Waals surface area contributed by atoms with Crippen LogP contribution in [0, 0.1) is 12.7 Å². The predicted molar refractivity (Wildman–Crippen MR) is 64.3 cm³/mol. The SMILES string of the molecule is Cc1cc(Br)c(C(=O)NC2CC(F)(F)C2)cc1F. The summed E-state index contributed by atoms with van der Waals surface area (Å²) in [5, 5.41) is 2.46. The number of amides is 1. The summed E-state index contributed by atoms with van der Waals surface area (Å²) in [6.45, 7) is 1.58. The van der Waals surface area contributed by atoms with Gasteiger partial charge in [-0.1, -0.05) is 0 Å². The summed E-state index contributed by atoms with van der Waals surface area (Å²) in [5.74, 6) is -3.73. The molecule has 0 unspecified atom stereocenters. The maximum absolute atomic E-state index is 13.4. The fourth-order valence-corrected chi connectivity index (χ4v) is 2.48.